The van der Waals surface area contributed by atoms with Gasteiger partial charge in [-0.1, -0.05) is 11.6 Å². The van der Waals surface area contributed by atoms with Crippen LogP contribution in [-0.4, -0.2) is 14.8 Å². The molecule has 0 aromatic carbocycles. The largest absolute Gasteiger partial charge is 0.342 e. The lowest BCUT2D eigenvalue weighted by molar-refractivity contribution is 0.618. The summed E-state index contributed by atoms with van der Waals surface area (Å²) < 4.78 is 2.57. The first-order valence-corrected chi connectivity index (χ1v) is 5.84. The Bertz CT molecular complexity index is 551. The van der Waals surface area contributed by atoms with Gasteiger partial charge in [0.15, 0.2) is 4.77 Å². The minimum Gasteiger partial charge on any atom is -0.272 e. The molecule has 1 atom stereocenters. The number of aromatic amines is 2. The highest BCUT2D eigenvalue weighted by atomic mass is 35.5. The quantitative estimate of drug-likeness (QED) is 0.817. The molecule has 80 valence electrons. The molecule has 0 radical (unpaired) electrons. The molecule has 0 aliphatic heterocycles. The van der Waals surface area contributed by atoms with E-state index in [1.807, 2.05) is 19.1 Å². The van der Waals surface area contributed by atoms with Crippen molar-refractivity contribution < 1.29 is 0 Å². The molecule has 0 aliphatic carbocycles. The topological polar surface area (TPSA) is 53.6 Å². The standard InChI is InChI=1S/C8H8ClN3OS2/c1-4(5-2-3-6(9)15-5)12-7(13)10-11-8(12)14/h2-4H,1H3,(H,10,13)(H,11,14). The van der Waals surface area contributed by atoms with E-state index in [9.17, 15) is 4.79 Å². The van der Waals surface area contributed by atoms with E-state index in [-0.39, 0.29) is 11.7 Å². The van der Waals surface area contributed by atoms with Crippen LogP contribution in [0.3, 0.4) is 0 Å². The first-order chi connectivity index (χ1) is 7.09. The third-order valence-corrected chi connectivity index (χ3v) is 3.81. The van der Waals surface area contributed by atoms with Crippen LogP contribution < -0.4 is 5.69 Å². The lowest BCUT2D eigenvalue weighted by atomic mass is 10.3. The molecule has 2 rings (SSSR count). The number of H-pyrrole nitrogens is 2. The number of hydrogen-bond acceptors (Lipinski definition) is 3. The van der Waals surface area contributed by atoms with Crippen LogP contribution in [0.25, 0.3) is 0 Å². The van der Waals surface area contributed by atoms with Crippen molar-refractivity contribution in [3.05, 3.63) is 36.6 Å². The van der Waals surface area contributed by atoms with Crippen LogP contribution in [0.15, 0.2) is 16.9 Å². The van der Waals surface area contributed by atoms with Crippen molar-refractivity contribution in [1.82, 2.24) is 14.8 Å². The Kier molecular flexibility index (Phi) is 2.81. The van der Waals surface area contributed by atoms with Crippen LogP contribution >= 0.6 is 35.2 Å². The molecule has 0 aliphatic rings. The van der Waals surface area contributed by atoms with Gasteiger partial charge in [-0.2, -0.15) is 0 Å². The van der Waals surface area contributed by atoms with Gasteiger partial charge in [0.1, 0.15) is 0 Å². The van der Waals surface area contributed by atoms with Crippen LogP contribution in [-0.2, 0) is 0 Å². The summed E-state index contributed by atoms with van der Waals surface area (Å²) in [7, 11) is 0. The van der Waals surface area contributed by atoms with Gasteiger partial charge in [0.2, 0.25) is 0 Å². The van der Waals surface area contributed by atoms with Crippen molar-refractivity contribution in [2.45, 2.75) is 13.0 Å². The van der Waals surface area contributed by atoms with Crippen molar-refractivity contribution in [2.75, 3.05) is 0 Å². The molecule has 0 amide bonds. The summed E-state index contributed by atoms with van der Waals surface area (Å²) >= 11 is 12.3. The van der Waals surface area contributed by atoms with Crippen molar-refractivity contribution in [2.24, 2.45) is 0 Å². The summed E-state index contributed by atoms with van der Waals surface area (Å²) in [6.07, 6.45) is 0. The van der Waals surface area contributed by atoms with Crippen LogP contribution in [0.2, 0.25) is 4.34 Å². The maximum Gasteiger partial charge on any atom is 0.342 e. The van der Waals surface area contributed by atoms with E-state index >= 15 is 0 Å². The maximum absolute atomic E-state index is 11.4. The summed E-state index contributed by atoms with van der Waals surface area (Å²) in [5.74, 6) is 0. The SMILES string of the molecule is CC(c1ccc(Cl)s1)n1c(=O)[nH][nH]c1=S. The highest BCUT2D eigenvalue weighted by molar-refractivity contribution is 7.71. The third kappa shape index (κ3) is 1.92. The molecule has 0 saturated heterocycles. The third-order valence-electron chi connectivity index (χ3n) is 2.11. The highest BCUT2D eigenvalue weighted by Gasteiger charge is 2.13. The maximum atomic E-state index is 11.4. The normalized spacial score (nSPS) is 12.9. The van der Waals surface area contributed by atoms with Crippen LogP contribution in [0, 0.1) is 4.77 Å². The second-order valence-electron chi connectivity index (χ2n) is 3.05. The van der Waals surface area contributed by atoms with E-state index in [1.54, 1.807) is 0 Å². The van der Waals surface area contributed by atoms with E-state index in [4.69, 9.17) is 23.8 Å². The lowest BCUT2D eigenvalue weighted by Gasteiger charge is -2.08. The zero-order chi connectivity index (χ0) is 11.0. The minimum absolute atomic E-state index is 0.106. The first kappa shape index (κ1) is 10.7. The number of nitrogens with zero attached hydrogens (tertiary/aromatic N) is 1. The molecule has 2 aromatic rings. The van der Waals surface area contributed by atoms with E-state index in [1.165, 1.54) is 15.9 Å². The van der Waals surface area contributed by atoms with Gasteiger partial charge in [0, 0.05) is 4.88 Å². The summed E-state index contributed by atoms with van der Waals surface area (Å²) in [4.78, 5) is 12.4. The summed E-state index contributed by atoms with van der Waals surface area (Å²) in [5, 5.41) is 5.05. The van der Waals surface area contributed by atoms with Gasteiger partial charge in [-0.15, -0.1) is 11.3 Å². The van der Waals surface area contributed by atoms with Crippen molar-refractivity contribution in [1.29, 1.82) is 0 Å². The smallest absolute Gasteiger partial charge is 0.272 e. The van der Waals surface area contributed by atoms with Crippen LogP contribution in [0.4, 0.5) is 0 Å². The van der Waals surface area contributed by atoms with Gasteiger partial charge in [0.05, 0.1) is 10.4 Å². The summed E-state index contributed by atoms with van der Waals surface area (Å²) in [6, 6.07) is 3.60. The molecular weight excluding hydrogens is 254 g/mol. The number of aromatic nitrogens is 3. The number of rotatable bonds is 2. The van der Waals surface area contributed by atoms with E-state index in [0.717, 1.165) is 4.88 Å². The fourth-order valence-electron chi connectivity index (χ4n) is 1.35. The van der Waals surface area contributed by atoms with Gasteiger partial charge in [0.25, 0.3) is 0 Å². The number of nitrogens with one attached hydrogen (secondary N) is 2. The second kappa shape index (κ2) is 3.96. The Hall–Kier alpha value is -0.850. The summed E-state index contributed by atoms with van der Waals surface area (Å²) in [6.45, 7) is 1.90. The molecule has 7 heteroatoms. The monoisotopic (exact) mass is 261 g/mol. The van der Waals surface area contributed by atoms with Gasteiger partial charge in [-0.25, -0.2) is 9.89 Å². The molecule has 2 heterocycles. The highest BCUT2D eigenvalue weighted by Crippen LogP contribution is 2.28. The van der Waals surface area contributed by atoms with Gasteiger partial charge >= 0.3 is 5.69 Å². The Morgan fingerprint density at radius 1 is 1.53 bits per heavy atom. The second-order valence-corrected chi connectivity index (χ2v) is 5.18. The zero-order valence-corrected chi connectivity index (χ0v) is 10.2. The Labute approximate surface area is 99.5 Å². The Morgan fingerprint density at radius 2 is 2.27 bits per heavy atom. The average molecular weight is 262 g/mol. The van der Waals surface area contributed by atoms with Crippen molar-refractivity contribution in [3.8, 4) is 0 Å². The van der Waals surface area contributed by atoms with Crippen molar-refractivity contribution in [3.63, 3.8) is 0 Å². The molecule has 0 fully saturated rings. The predicted octanol–water partition coefficient (Wildman–Crippen LogP) is 2.56. The number of halogens is 1. The van der Waals surface area contributed by atoms with Crippen LogP contribution in [0.5, 0.6) is 0 Å². The number of hydrogen-bond donors (Lipinski definition) is 2. The Balaban J connectivity index is 2.49. The predicted molar refractivity (Wildman–Crippen MR) is 63.4 cm³/mol. The van der Waals surface area contributed by atoms with Crippen LogP contribution in [0.1, 0.15) is 17.8 Å². The summed E-state index contributed by atoms with van der Waals surface area (Å²) in [5.41, 5.74) is -0.239. The van der Waals surface area contributed by atoms with E-state index in [2.05, 4.69) is 10.2 Å². The van der Waals surface area contributed by atoms with Crippen molar-refractivity contribution >= 4 is 35.2 Å². The first-order valence-electron chi connectivity index (χ1n) is 4.24. The van der Waals surface area contributed by atoms with Gasteiger partial charge in [-0.3, -0.25) is 9.67 Å². The van der Waals surface area contributed by atoms with E-state index < -0.39 is 0 Å². The molecule has 2 N–H and O–H groups in total. The lowest BCUT2D eigenvalue weighted by Crippen LogP contribution is -2.20. The molecule has 1 unspecified atom stereocenters. The van der Waals surface area contributed by atoms with Gasteiger partial charge in [-0.05, 0) is 31.3 Å². The molecule has 15 heavy (non-hydrogen) atoms. The molecule has 4 nitrogen and oxygen atoms in total. The minimum atomic E-state index is -0.239. The Morgan fingerprint density at radius 3 is 2.73 bits per heavy atom. The molecule has 2 aromatic heterocycles. The molecule has 0 bridgehead atoms. The fraction of sp³-hybridized carbons (Fsp3) is 0.250. The zero-order valence-electron chi connectivity index (χ0n) is 7.78. The molecular formula is C8H8ClN3OS2. The van der Waals surface area contributed by atoms with Gasteiger partial charge < -0.3 is 0 Å². The van der Waals surface area contributed by atoms with E-state index in [0.29, 0.717) is 9.11 Å². The fourth-order valence-corrected chi connectivity index (χ4v) is 2.75. The average Bonchev–Trinajstić information content (AvgIpc) is 2.73. The number of thiophene rings is 1. The molecule has 0 saturated carbocycles. The molecule has 0 spiro atoms.